The van der Waals surface area contributed by atoms with E-state index < -0.39 is 0 Å². The fourth-order valence-corrected chi connectivity index (χ4v) is 2.35. The quantitative estimate of drug-likeness (QED) is 0.715. The number of benzene rings is 1. The van der Waals surface area contributed by atoms with Crippen LogP contribution in [0.15, 0.2) is 55.2 Å². The minimum absolute atomic E-state index is 0.323. The van der Waals surface area contributed by atoms with Crippen LogP contribution in [0.5, 0.6) is 11.5 Å². The average molecular weight is 285 g/mol. The highest BCUT2D eigenvalue weighted by Crippen LogP contribution is 2.32. The van der Waals surface area contributed by atoms with E-state index in [-0.39, 0.29) is 0 Å². The van der Waals surface area contributed by atoms with Crippen molar-refractivity contribution in [3.63, 3.8) is 0 Å². The predicted molar refractivity (Wildman–Crippen MR) is 86.8 cm³/mol. The third-order valence-electron chi connectivity index (χ3n) is 3.75. The summed E-state index contributed by atoms with van der Waals surface area (Å²) in [5.41, 5.74) is 2.43. The molecule has 1 aromatic rings. The summed E-state index contributed by atoms with van der Waals surface area (Å²) < 4.78 is 10.8. The van der Waals surface area contributed by atoms with Crippen molar-refractivity contribution in [2.45, 2.75) is 19.4 Å². The average Bonchev–Trinajstić information content (AvgIpc) is 2.94. The maximum Gasteiger partial charge on any atom is 0.231 e. The van der Waals surface area contributed by atoms with E-state index in [4.69, 9.17) is 9.47 Å². The van der Waals surface area contributed by atoms with Crippen molar-refractivity contribution in [2.24, 2.45) is 0 Å². The number of likely N-dealkylation sites (N-methyl/N-ethyl adjacent to an activating group) is 1. The molecule has 2 rings (SSSR count). The molecule has 0 bridgehead atoms. The number of hydrogen-bond donors (Lipinski definition) is 0. The van der Waals surface area contributed by atoms with Crippen molar-refractivity contribution in [3.8, 4) is 11.5 Å². The lowest BCUT2D eigenvalue weighted by molar-refractivity contribution is 0.174. The summed E-state index contributed by atoms with van der Waals surface area (Å²) in [5.74, 6) is 1.68. The van der Waals surface area contributed by atoms with E-state index in [9.17, 15) is 0 Å². The second-order valence-corrected chi connectivity index (χ2v) is 5.34. The largest absolute Gasteiger partial charge is 0.454 e. The molecule has 0 N–H and O–H groups in total. The molecule has 0 spiro atoms. The zero-order valence-electron chi connectivity index (χ0n) is 12.8. The first kappa shape index (κ1) is 15.4. The van der Waals surface area contributed by atoms with Gasteiger partial charge in [-0.2, -0.15) is 0 Å². The van der Waals surface area contributed by atoms with E-state index in [1.807, 2.05) is 18.2 Å². The Labute approximate surface area is 127 Å². The molecule has 0 saturated carbocycles. The fraction of sp³-hybridized carbons (Fsp3) is 0.333. The van der Waals surface area contributed by atoms with E-state index in [1.54, 1.807) is 6.08 Å². The van der Waals surface area contributed by atoms with Crippen LogP contribution in [0.4, 0.5) is 0 Å². The number of ether oxygens (including phenoxy) is 2. The van der Waals surface area contributed by atoms with E-state index >= 15 is 0 Å². The van der Waals surface area contributed by atoms with Gasteiger partial charge in [-0.1, -0.05) is 37.5 Å². The first-order chi connectivity index (χ1) is 10.1. The molecule has 1 aromatic carbocycles. The maximum atomic E-state index is 5.43. The molecule has 21 heavy (non-hydrogen) atoms. The van der Waals surface area contributed by atoms with Gasteiger partial charge < -0.3 is 9.47 Å². The number of nitrogens with zero attached hydrogens (tertiary/aromatic N) is 1. The standard InChI is InChI=1S/C18H23NO2/c1-5-7-15(6-2)12-19(4)14(3)10-16-8-9-17-18(11-16)21-13-20-17/h5-9,11,14H,1-2,10,12-13H2,3-4H3/b15-7+. The van der Waals surface area contributed by atoms with Crippen LogP contribution in [-0.2, 0) is 6.42 Å². The topological polar surface area (TPSA) is 21.7 Å². The van der Waals surface area contributed by atoms with Gasteiger partial charge in [0, 0.05) is 12.6 Å². The normalized spacial score (nSPS) is 15.1. The third-order valence-corrected chi connectivity index (χ3v) is 3.75. The molecule has 0 saturated heterocycles. The third kappa shape index (κ3) is 3.99. The summed E-state index contributed by atoms with van der Waals surface area (Å²) in [7, 11) is 2.12. The molecule has 0 fully saturated rings. The molecule has 1 aliphatic heterocycles. The molecule has 112 valence electrons. The Hall–Kier alpha value is -2.00. The summed E-state index contributed by atoms with van der Waals surface area (Å²) >= 11 is 0. The summed E-state index contributed by atoms with van der Waals surface area (Å²) in [5, 5.41) is 0. The molecule has 0 radical (unpaired) electrons. The van der Waals surface area contributed by atoms with Crippen molar-refractivity contribution in [3.05, 3.63) is 60.7 Å². The van der Waals surface area contributed by atoms with E-state index in [0.29, 0.717) is 12.8 Å². The lowest BCUT2D eigenvalue weighted by Gasteiger charge is -2.25. The molecule has 1 unspecified atom stereocenters. The lowest BCUT2D eigenvalue weighted by atomic mass is 10.0. The van der Waals surface area contributed by atoms with Crippen molar-refractivity contribution < 1.29 is 9.47 Å². The molecule has 1 heterocycles. The van der Waals surface area contributed by atoms with Crippen LogP contribution in [-0.4, -0.2) is 31.3 Å². The van der Waals surface area contributed by atoms with Gasteiger partial charge in [-0.25, -0.2) is 0 Å². The van der Waals surface area contributed by atoms with Gasteiger partial charge in [-0.3, -0.25) is 4.90 Å². The second-order valence-electron chi connectivity index (χ2n) is 5.34. The Balaban J connectivity index is 1.97. The summed E-state index contributed by atoms with van der Waals surface area (Å²) in [6.07, 6.45) is 6.64. The van der Waals surface area contributed by atoms with Gasteiger partial charge in [0.1, 0.15) is 0 Å². The molecule has 3 heteroatoms. The zero-order chi connectivity index (χ0) is 15.2. The zero-order valence-corrected chi connectivity index (χ0v) is 12.8. The molecule has 0 aromatic heterocycles. The SMILES string of the molecule is C=C/C=C(\C=C)CN(C)C(C)Cc1ccc2c(c1)OCO2. The van der Waals surface area contributed by atoms with Gasteiger partial charge in [0.25, 0.3) is 0 Å². The molecular formula is C18H23NO2. The van der Waals surface area contributed by atoms with Crippen LogP contribution in [0.3, 0.4) is 0 Å². The number of fused-ring (bicyclic) bond motifs is 1. The van der Waals surface area contributed by atoms with Crippen molar-refractivity contribution in [2.75, 3.05) is 20.4 Å². The minimum Gasteiger partial charge on any atom is -0.454 e. The van der Waals surface area contributed by atoms with Gasteiger partial charge in [0.05, 0.1) is 0 Å². The monoisotopic (exact) mass is 285 g/mol. The number of allylic oxidation sites excluding steroid dienone is 2. The Kier molecular flexibility index (Phi) is 5.23. The number of rotatable bonds is 7. The Morgan fingerprint density at radius 3 is 2.81 bits per heavy atom. The van der Waals surface area contributed by atoms with Crippen molar-refractivity contribution in [1.29, 1.82) is 0 Å². The smallest absolute Gasteiger partial charge is 0.231 e. The first-order valence-electron chi connectivity index (χ1n) is 7.17. The van der Waals surface area contributed by atoms with E-state index in [2.05, 4.69) is 44.2 Å². The van der Waals surface area contributed by atoms with Gasteiger partial charge >= 0.3 is 0 Å². The van der Waals surface area contributed by atoms with E-state index in [1.165, 1.54) is 11.1 Å². The Morgan fingerprint density at radius 2 is 2.10 bits per heavy atom. The molecule has 3 nitrogen and oxygen atoms in total. The van der Waals surface area contributed by atoms with Gasteiger partial charge in [0.2, 0.25) is 6.79 Å². The van der Waals surface area contributed by atoms with Crippen LogP contribution in [0.2, 0.25) is 0 Å². The molecule has 1 aliphatic rings. The number of hydrogen-bond acceptors (Lipinski definition) is 3. The molecule has 0 aliphatic carbocycles. The van der Waals surface area contributed by atoms with Crippen LogP contribution >= 0.6 is 0 Å². The highest BCUT2D eigenvalue weighted by Gasteiger charge is 2.16. The van der Waals surface area contributed by atoms with Crippen LogP contribution in [0.25, 0.3) is 0 Å². The predicted octanol–water partition coefficient (Wildman–Crippen LogP) is 3.58. The summed E-state index contributed by atoms with van der Waals surface area (Å²) in [4.78, 5) is 2.31. The Morgan fingerprint density at radius 1 is 1.33 bits per heavy atom. The van der Waals surface area contributed by atoms with Crippen molar-refractivity contribution in [1.82, 2.24) is 4.90 Å². The maximum absolute atomic E-state index is 5.43. The van der Waals surface area contributed by atoms with Crippen molar-refractivity contribution >= 4 is 0 Å². The lowest BCUT2D eigenvalue weighted by Crippen LogP contribution is -2.32. The van der Waals surface area contributed by atoms with Crippen LogP contribution in [0, 0.1) is 0 Å². The van der Waals surface area contributed by atoms with Gasteiger partial charge in [0.15, 0.2) is 11.5 Å². The molecule has 0 amide bonds. The summed E-state index contributed by atoms with van der Waals surface area (Å²) in [6, 6.07) is 6.57. The minimum atomic E-state index is 0.323. The van der Waals surface area contributed by atoms with Gasteiger partial charge in [-0.15, -0.1) is 0 Å². The fourth-order valence-electron chi connectivity index (χ4n) is 2.35. The van der Waals surface area contributed by atoms with Gasteiger partial charge in [-0.05, 0) is 43.7 Å². The van der Waals surface area contributed by atoms with Crippen LogP contribution < -0.4 is 9.47 Å². The highest BCUT2D eigenvalue weighted by atomic mass is 16.7. The molecule has 1 atom stereocenters. The van der Waals surface area contributed by atoms with Crippen LogP contribution in [0.1, 0.15) is 12.5 Å². The molecular weight excluding hydrogens is 262 g/mol. The Bertz CT molecular complexity index is 548. The second kappa shape index (κ2) is 7.14. The highest BCUT2D eigenvalue weighted by molar-refractivity contribution is 5.44. The summed E-state index contributed by atoms with van der Waals surface area (Å²) in [6.45, 7) is 11.0. The van der Waals surface area contributed by atoms with E-state index in [0.717, 1.165) is 24.5 Å². The first-order valence-corrected chi connectivity index (χ1v) is 7.17.